The predicted octanol–water partition coefficient (Wildman–Crippen LogP) is 5.02. The summed E-state index contributed by atoms with van der Waals surface area (Å²) in [5.41, 5.74) is 8.89. The third-order valence-corrected chi connectivity index (χ3v) is 6.76. The van der Waals surface area contributed by atoms with Gasteiger partial charge in [0.15, 0.2) is 17.0 Å². The molecule has 2 aliphatic rings. The Kier molecular flexibility index (Phi) is 8.73. The maximum Gasteiger partial charge on any atom is 0.227 e. The van der Waals surface area contributed by atoms with E-state index in [1.165, 1.54) is 25.7 Å². The molecule has 0 atom stereocenters. The molecule has 0 aliphatic heterocycles. The summed E-state index contributed by atoms with van der Waals surface area (Å²) in [5, 5.41) is 3.61. The molecule has 2 aliphatic carbocycles. The summed E-state index contributed by atoms with van der Waals surface area (Å²) in [4.78, 5) is 21.2. The summed E-state index contributed by atoms with van der Waals surface area (Å²) in [6.45, 7) is 2.90. The fraction of sp³-hybridized carbons (Fsp3) is 0.565. The SMILES string of the molecule is CCN(c1cccnc1)c1nc(N[C@H]2CC[C@H](N)CC2)nc2c1ncn2C1CCCC1.Cl.Cl. The molecule has 10 heteroatoms. The van der Waals surface area contributed by atoms with E-state index in [0.29, 0.717) is 24.1 Å². The van der Waals surface area contributed by atoms with E-state index in [1.54, 1.807) is 6.20 Å². The molecule has 0 aromatic carbocycles. The molecule has 0 spiro atoms. The van der Waals surface area contributed by atoms with Crippen LogP contribution in [0.25, 0.3) is 11.2 Å². The second-order valence-corrected chi connectivity index (χ2v) is 8.84. The topological polar surface area (TPSA) is 97.8 Å². The third kappa shape index (κ3) is 5.34. The van der Waals surface area contributed by atoms with Crippen molar-refractivity contribution in [2.24, 2.45) is 5.73 Å². The Morgan fingerprint density at radius 1 is 1.09 bits per heavy atom. The summed E-state index contributed by atoms with van der Waals surface area (Å²) in [7, 11) is 0. The van der Waals surface area contributed by atoms with Crippen molar-refractivity contribution in [3.63, 3.8) is 0 Å². The standard InChI is InChI=1S/C23H32N8.2ClH/c1-2-30(19-8-5-13-25-14-19)21-20-22(31(15-26-20)18-6-3-4-7-18)29-23(28-21)27-17-11-9-16(24)10-12-17;;/h5,8,13-18H,2-4,6-7,9-12,24H2,1H3,(H,27,28,29);2*1H/t16-,17-;;. The molecule has 3 N–H and O–H groups in total. The second-order valence-electron chi connectivity index (χ2n) is 8.84. The quantitative estimate of drug-likeness (QED) is 0.498. The highest BCUT2D eigenvalue weighted by Crippen LogP contribution is 2.35. The average molecular weight is 493 g/mol. The first-order valence-electron chi connectivity index (χ1n) is 11.7. The van der Waals surface area contributed by atoms with Gasteiger partial charge in [-0.15, -0.1) is 24.8 Å². The lowest BCUT2D eigenvalue weighted by Gasteiger charge is -2.28. The number of nitrogens with zero attached hydrogens (tertiary/aromatic N) is 6. The number of hydrogen-bond acceptors (Lipinski definition) is 7. The van der Waals surface area contributed by atoms with E-state index < -0.39 is 0 Å². The van der Waals surface area contributed by atoms with Crippen LogP contribution in [0.1, 0.15) is 64.3 Å². The van der Waals surface area contributed by atoms with Gasteiger partial charge in [-0.05, 0) is 57.6 Å². The van der Waals surface area contributed by atoms with Gasteiger partial charge in [-0.2, -0.15) is 9.97 Å². The van der Waals surface area contributed by atoms with Gasteiger partial charge in [-0.3, -0.25) is 4.98 Å². The molecule has 2 saturated carbocycles. The normalized spacial score (nSPS) is 20.8. The lowest BCUT2D eigenvalue weighted by molar-refractivity contribution is 0.410. The smallest absolute Gasteiger partial charge is 0.227 e. The molecule has 3 heterocycles. The van der Waals surface area contributed by atoms with E-state index in [0.717, 1.165) is 54.9 Å². The number of nitrogens with two attached hydrogens (primary N) is 1. The van der Waals surface area contributed by atoms with Crippen molar-refractivity contribution < 1.29 is 0 Å². The highest BCUT2D eigenvalue weighted by molar-refractivity contribution is 5.87. The summed E-state index contributed by atoms with van der Waals surface area (Å²) in [6.07, 6.45) is 14.7. The molecular formula is C23H34Cl2N8. The zero-order chi connectivity index (χ0) is 21.2. The lowest BCUT2D eigenvalue weighted by Crippen LogP contribution is -2.33. The zero-order valence-electron chi connectivity index (χ0n) is 19.1. The van der Waals surface area contributed by atoms with Gasteiger partial charge in [-0.1, -0.05) is 12.8 Å². The van der Waals surface area contributed by atoms with Crippen molar-refractivity contribution in [1.29, 1.82) is 0 Å². The van der Waals surface area contributed by atoms with Crippen molar-refractivity contribution in [2.45, 2.75) is 76.4 Å². The van der Waals surface area contributed by atoms with Gasteiger partial charge in [0, 0.05) is 30.9 Å². The first-order valence-corrected chi connectivity index (χ1v) is 11.7. The fourth-order valence-electron chi connectivity index (χ4n) is 5.02. The van der Waals surface area contributed by atoms with Crippen LogP contribution in [0, 0.1) is 0 Å². The van der Waals surface area contributed by atoms with Gasteiger partial charge in [0.25, 0.3) is 0 Å². The summed E-state index contributed by atoms with van der Waals surface area (Å²) in [5.74, 6) is 1.53. The average Bonchev–Trinajstić information content (AvgIpc) is 3.46. The second kappa shape index (κ2) is 11.3. The molecule has 180 valence electrons. The Bertz CT molecular complexity index is 1010. The minimum absolute atomic E-state index is 0. The van der Waals surface area contributed by atoms with Crippen LogP contribution in [0.15, 0.2) is 30.9 Å². The number of aromatic nitrogens is 5. The lowest BCUT2D eigenvalue weighted by atomic mass is 9.92. The predicted molar refractivity (Wildman–Crippen MR) is 138 cm³/mol. The molecule has 3 aromatic rings. The van der Waals surface area contributed by atoms with Crippen LogP contribution >= 0.6 is 24.8 Å². The Morgan fingerprint density at radius 3 is 2.52 bits per heavy atom. The minimum Gasteiger partial charge on any atom is -0.351 e. The molecule has 0 unspecified atom stereocenters. The van der Waals surface area contributed by atoms with Crippen LogP contribution in [0.5, 0.6) is 0 Å². The number of imidazole rings is 1. The summed E-state index contributed by atoms with van der Waals surface area (Å²) in [6, 6.07) is 5.18. The van der Waals surface area contributed by atoms with E-state index in [1.807, 2.05) is 18.6 Å². The Hall–Kier alpha value is -2.16. The Morgan fingerprint density at radius 2 is 1.85 bits per heavy atom. The van der Waals surface area contributed by atoms with Crippen LogP contribution in [0.2, 0.25) is 0 Å². The molecule has 33 heavy (non-hydrogen) atoms. The molecule has 5 rings (SSSR count). The van der Waals surface area contributed by atoms with E-state index in [4.69, 9.17) is 20.7 Å². The first-order chi connectivity index (χ1) is 15.2. The van der Waals surface area contributed by atoms with E-state index in [9.17, 15) is 0 Å². The molecule has 0 bridgehead atoms. The molecule has 2 fully saturated rings. The van der Waals surface area contributed by atoms with Crippen LogP contribution in [0.3, 0.4) is 0 Å². The largest absolute Gasteiger partial charge is 0.351 e. The van der Waals surface area contributed by atoms with E-state index in [2.05, 4.69) is 32.8 Å². The summed E-state index contributed by atoms with van der Waals surface area (Å²) < 4.78 is 2.27. The third-order valence-electron chi connectivity index (χ3n) is 6.76. The first kappa shape index (κ1) is 25.5. The Labute approximate surface area is 207 Å². The minimum atomic E-state index is 0. The van der Waals surface area contributed by atoms with Crippen molar-refractivity contribution >= 4 is 53.4 Å². The number of anilines is 3. The zero-order valence-corrected chi connectivity index (χ0v) is 20.7. The number of nitrogens with one attached hydrogen (secondary N) is 1. The highest BCUT2D eigenvalue weighted by atomic mass is 35.5. The molecule has 0 amide bonds. The number of halogens is 2. The van der Waals surface area contributed by atoms with E-state index in [-0.39, 0.29) is 24.8 Å². The summed E-state index contributed by atoms with van der Waals surface area (Å²) >= 11 is 0. The number of pyridine rings is 1. The van der Waals surface area contributed by atoms with Gasteiger partial charge >= 0.3 is 0 Å². The van der Waals surface area contributed by atoms with Gasteiger partial charge in [0.1, 0.15) is 0 Å². The molecule has 0 saturated heterocycles. The number of hydrogen-bond donors (Lipinski definition) is 2. The van der Waals surface area contributed by atoms with Gasteiger partial charge in [0.05, 0.1) is 18.2 Å². The monoisotopic (exact) mass is 492 g/mol. The maximum absolute atomic E-state index is 6.10. The Balaban J connectivity index is 0.00000153. The molecule has 8 nitrogen and oxygen atoms in total. The fourth-order valence-corrected chi connectivity index (χ4v) is 5.02. The molecular weight excluding hydrogens is 459 g/mol. The number of rotatable bonds is 6. The number of fused-ring (bicyclic) bond motifs is 1. The van der Waals surface area contributed by atoms with Gasteiger partial charge < -0.3 is 20.5 Å². The van der Waals surface area contributed by atoms with Crippen LogP contribution in [-0.4, -0.2) is 43.1 Å². The van der Waals surface area contributed by atoms with Crippen LogP contribution in [0.4, 0.5) is 17.5 Å². The van der Waals surface area contributed by atoms with Crippen LogP contribution < -0.4 is 16.0 Å². The van der Waals surface area contributed by atoms with Gasteiger partial charge in [0.2, 0.25) is 5.95 Å². The van der Waals surface area contributed by atoms with E-state index >= 15 is 0 Å². The molecule has 0 radical (unpaired) electrons. The molecule has 3 aromatic heterocycles. The van der Waals surface area contributed by atoms with Crippen molar-refractivity contribution in [3.8, 4) is 0 Å². The van der Waals surface area contributed by atoms with Crippen molar-refractivity contribution in [1.82, 2.24) is 24.5 Å². The maximum atomic E-state index is 6.10. The van der Waals surface area contributed by atoms with Crippen LogP contribution in [-0.2, 0) is 0 Å². The van der Waals surface area contributed by atoms with Gasteiger partial charge in [-0.25, -0.2) is 4.98 Å². The highest BCUT2D eigenvalue weighted by Gasteiger charge is 2.25. The van der Waals surface area contributed by atoms with Crippen molar-refractivity contribution in [3.05, 3.63) is 30.9 Å². The van der Waals surface area contributed by atoms with Crippen molar-refractivity contribution in [2.75, 3.05) is 16.8 Å².